The molecule has 0 atom stereocenters. The SMILES string of the molecule is CCCc1nc2ccccc2n1-c1ccc(-c2ccc3c(-c4ccccc4)c4ccccc4c(-c4ccccc4)c3c2)cc1.CCc1nc2ccccc2n1-c1ccc(-c2ccc3c(-c4ccccc4)c4ccccc4c(-c4ccccc4)c3c2)cc1.Cc1nc2ccccc2n1-c1ccc(-c2ccc3c(-c4ccccc4)c4ccccc4c(-c4ccccc4)c3c2)cc1. The lowest BCUT2D eigenvalue weighted by Crippen LogP contribution is -2.01. The molecule has 0 aliphatic carbocycles. The van der Waals surface area contributed by atoms with Crippen molar-refractivity contribution in [3.8, 4) is 117 Å². The standard InChI is InChI=1S/C42H32N2.C41H30N2.C40H28N2/c1-2-13-40-43-38-20-11-12-21-39(38)44(40)33-25-22-29(23-26-33)32-24-27-36-37(28-32)42(31-16-7-4-8-17-31)35-19-10-9-18-34(35)41(36)30-14-5-3-6-15-30;1-2-39-42-37-19-11-12-20-38(37)43(39)32-24-21-28(22-25-32)31-23-26-35-36(27-31)41(30-15-7-4-8-16-30)34-18-10-9-17-33(34)40(35)29-13-5-3-6-14-29;1-27-41-37-18-10-11-19-38(37)42(27)32-23-20-28(21-24-32)31-22-25-35-36(26-31)40(30-14-6-3-7-15-30)34-17-9-8-16-33(34)39(35)29-12-4-2-5-13-29/h3-12,14-28H,2,13H2,1H3;3-27H,2H2,1H3;2-26H,1H3. The van der Waals surface area contributed by atoms with E-state index in [1.165, 1.54) is 165 Å². The first-order valence-corrected chi connectivity index (χ1v) is 44.8. The van der Waals surface area contributed by atoms with Crippen LogP contribution in [-0.4, -0.2) is 28.7 Å². The van der Waals surface area contributed by atoms with Gasteiger partial charge in [-0.25, -0.2) is 15.0 Å². The average Bonchev–Trinajstić information content (AvgIpc) is 1.71. The Labute approximate surface area is 750 Å². The zero-order valence-corrected chi connectivity index (χ0v) is 72.1. The number of rotatable bonds is 15. The molecule has 0 aliphatic heterocycles. The summed E-state index contributed by atoms with van der Waals surface area (Å²) in [5.41, 5.74) is 32.2. The summed E-state index contributed by atoms with van der Waals surface area (Å²) in [7, 11) is 0. The normalized spacial score (nSPS) is 11.5. The first kappa shape index (κ1) is 78.6. The van der Waals surface area contributed by atoms with Crippen LogP contribution in [0, 0.1) is 6.92 Å². The monoisotopic (exact) mass is 1650 g/mol. The van der Waals surface area contributed by atoms with Crippen LogP contribution >= 0.6 is 0 Å². The molecule has 3 heterocycles. The summed E-state index contributed by atoms with van der Waals surface area (Å²) in [5.74, 6) is 3.18. The van der Waals surface area contributed by atoms with Crippen molar-refractivity contribution >= 4 is 97.7 Å². The van der Waals surface area contributed by atoms with E-state index in [0.717, 1.165) is 86.9 Å². The Kier molecular flexibility index (Phi) is 20.9. The molecule has 0 saturated heterocycles. The van der Waals surface area contributed by atoms with Crippen molar-refractivity contribution in [2.45, 2.75) is 40.0 Å². The minimum Gasteiger partial charge on any atom is -0.297 e. The molecular weight excluding hydrogens is 1560 g/mol. The van der Waals surface area contributed by atoms with Crippen molar-refractivity contribution in [3.63, 3.8) is 0 Å². The van der Waals surface area contributed by atoms with Crippen LogP contribution in [0.5, 0.6) is 0 Å². The molecule has 129 heavy (non-hydrogen) atoms. The molecule has 24 aromatic rings. The number of aromatic nitrogens is 6. The molecule has 0 fully saturated rings. The van der Waals surface area contributed by atoms with E-state index in [0.29, 0.717) is 0 Å². The third-order valence-corrected chi connectivity index (χ3v) is 25.6. The number of benzene rings is 21. The smallest absolute Gasteiger partial charge is 0.114 e. The maximum absolute atomic E-state index is 4.95. The van der Waals surface area contributed by atoms with E-state index < -0.39 is 0 Å². The predicted molar refractivity (Wildman–Crippen MR) is 545 cm³/mol. The van der Waals surface area contributed by atoms with Gasteiger partial charge in [-0.3, -0.25) is 13.7 Å². The van der Waals surface area contributed by atoms with Crippen molar-refractivity contribution in [1.82, 2.24) is 28.7 Å². The number of imidazole rings is 3. The van der Waals surface area contributed by atoms with Crippen LogP contribution < -0.4 is 0 Å². The second kappa shape index (κ2) is 34.3. The highest BCUT2D eigenvalue weighted by atomic mass is 15.1. The third-order valence-electron chi connectivity index (χ3n) is 25.6. The van der Waals surface area contributed by atoms with E-state index in [1.807, 2.05) is 6.07 Å². The fraction of sp³-hybridized carbons (Fsp3) is 0.0488. The number of fused-ring (bicyclic) bond motifs is 9. The molecule has 612 valence electrons. The van der Waals surface area contributed by atoms with Gasteiger partial charge >= 0.3 is 0 Å². The van der Waals surface area contributed by atoms with E-state index in [9.17, 15) is 0 Å². The lowest BCUT2D eigenvalue weighted by Gasteiger charge is -2.19. The van der Waals surface area contributed by atoms with Gasteiger partial charge in [-0.2, -0.15) is 0 Å². The Hall–Kier alpha value is -16.4. The van der Waals surface area contributed by atoms with Gasteiger partial charge in [0.25, 0.3) is 0 Å². The Morgan fingerprint density at radius 1 is 0.186 bits per heavy atom. The lowest BCUT2D eigenvalue weighted by atomic mass is 9.85. The largest absolute Gasteiger partial charge is 0.297 e. The van der Waals surface area contributed by atoms with Crippen LogP contribution in [0.4, 0.5) is 0 Å². The highest BCUT2D eigenvalue weighted by molar-refractivity contribution is 6.25. The van der Waals surface area contributed by atoms with E-state index in [1.54, 1.807) is 0 Å². The van der Waals surface area contributed by atoms with Crippen molar-refractivity contribution in [1.29, 1.82) is 0 Å². The molecule has 0 N–H and O–H groups in total. The van der Waals surface area contributed by atoms with Crippen molar-refractivity contribution in [2.24, 2.45) is 0 Å². The highest BCUT2D eigenvalue weighted by Crippen LogP contribution is 2.50. The van der Waals surface area contributed by atoms with Crippen molar-refractivity contribution in [3.05, 3.63) is 472 Å². The van der Waals surface area contributed by atoms with E-state index in [-0.39, 0.29) is 0 Å². The van der Waals surface area contributed by atoms with Gasteiger partial charge in [0.15, 0.2) is 0 Å². The molecule has 0 unspecified atom stereocenters. The maximum atomic E-state index is 4.95. The first-order valence-electron chi connectivity index (χ1n) is 44.8. The molecule has 6 nitrogen and oxygen atoms in total. The third kappa shape index (κ3) is 14.5. The van der Waals surface area contributed by atoms with Gasteiger partial charge in [-0.15, -0.1) is 0 Å². The fourth-order valence-electron chi connectivity index (χ4n) is 19.8. The Bertz CT molecular complexity index is 8290. The summed E-state index contributed by atoms with van der Waals surface area (Å²) in [5, 5.41) is 15.2. The van der Waals surface area contributed by atoms with Gasteiger partial charge in [-0.05, 0) is 269 Å². The van der Waals surface area contributed by atoms with Gasteiger partial charge < -0.3 is 0 Å². The van der Waals surface area contributed by atoms with Gasteiger partial charge in [0.05, 0.1) is 33.1 Å². The molecule has 24 rings (SSSR count). The maximum Gasteiger partial charge on any atom is 0.114 e. The van der Waals surface area contributed by atoms with Crippen LogP contribution in [0.1, 0.15) is 37.7 Å². The highest BCUT2D eigenvalue weighted by Gasteiger charge is 2.24. The molecule has 0 amide bonds. The number of hydrogen-bond donors (Lipinski definition) is 0. The number of hydrogen-bond acceptors (Lipinski definition) is 3. The molecular formula is C123H90N6. The minimum absolute atomic E-state index is 0.876. The summed E-state index contributed by atoms with van der Waals surface area (Å²) in [6, 6.07) is 164. The predicted octanol–water partition coefficient (Wildman–Crippen LogP) is 32.8. The quantitative estimate of drug-likeness (QED) is 0.0961. The van der Waals surface area contributed by atoms with Crippen LogP contribution in [0.15, 0.2) is 455 Å². The van der Waals surface area contributed by atoms with E-state index in [4.69, 9.17) is 15.0 Å². The zero-order chi connectivity index (χ0) is 86.3. The molecule has 0 aliphatic rings. The molecule has 0 bridgehead atoms. The van der Waals surface area contributed by atoms with Gasteiger partial charge in [0.2, 0.25) is 0 Å². The van der Waals surface area contributed by atoms with Gasteiger partial charge in [-0.1, -0.05) is 378 Å². The summed E-state index contributed by atoms with van der Waals surface area (Å²) in [4.78, 5) is 14.6. The second-order valence-electron chi connectivity index (χ2n) is 33.3. The van der Waals surface area contributed by atoms with Crippen LogP contribution in [0.2, 0.25) is 0 Å². The Balaban J connectivity index is 0.000000114. The topological polar surface area (TPSA) is 53.5 Å². The summed E-state index contributed by atoms with van der Waals surface area (Å²) < 4.78 is 6.82. The van der Waals surface area contributed by atoms with Crippen LogP contribution in [0.25, 0.3) is 215 Å². The van der Waals surface area contributed by atoms with Gasteiger partial charge in [0, 0.05) is 29.9 Å². The van der Waals surface area contributed by atoms with Crippen molar-refractivity contribution in [2.75, 3.05) is 0 Å². The van der Waals surface area contributed by atoms with E-state index >= 15 is 0 Å². The zero-order valence-electron chi connectivity index (χ0n) is 72.1. The molecule has 21 aromatic carbocycles. The fourth-order valence-corrected chi connectivity index (χ4v) is 19.8. The molecule has 3 aromatic heterocycles. The summed E-state index contributed by atoms with van der Waals surface area (Å²) in [6.07, 6.45) is 2.88. The molecule has 0 spiro atoms. The number of para-hydroxylation sites is 6. The van der Waals surface area contributed by atoms with Crippen LogP contribution in [0.3, 0.4) is 0 Å². The minimum atomic E-state index is 0.876. The molecule has 0 saturated carbocycles. The Morgan fingerprint density at radius 2 is 0.411 bits per heavy atom. The first-order chi connectivity index (χ1) is 63.9. The summed E-state index contributed by atoms with van der Waals surface area (Å²) in [6.45, 7) is 6.44. The number of nitrogens with zero attached hydrogens (tertiary/aromatic N) is 6. The molecule has 6 heteroatoms. The Morgan fingerprint density at radius 3 is 0.705 bits per heavy atom. The van der Waals surface area contributed by atoms with E-state index in [2.05, 4.69) is 483 Å². The second-order valence-corrected chi connectivity index (χ2v) is 33.3. The average molecular weight is 1650 g/mol. The van der Waals surface area contributed by atoms with Crippen molar-refractivity contribution < 1.29 is 0 Å². The van der Waals surface area contributed by atoms with Gasteiger partial charge in [0.1, 0.15) is 17.5 Å². The molecule has 0 radical (unpaired) electrons. The number of aryl methyl sites for hydroxylation is 3. The lowest BCUT2D eigenvalue weighted by molar-refractivity contribution is 0.818. The van der Waals surface area contributed by atoms with Crippen LogP contribution in [-0.2, 0) is 12.8 Å². The summed E-state index contributed by atoms with van der Waals surface area (Å²) >= 11 is 0.